The molecule has 0 aliphatic carbocycles. The molecule has 0 spiro atoms. The van der Waals surface area contributed by atoms with Gasteiger partial charge in [-0.15, -0.1) is 11.8 Å². The fourth-order valence-corrected chi connectivity index (χ4v) is 4.90. The molecule has 0 aromatic heterocycles. The lowest BCUT2D eigenvalue weighted by molar-refractivity contribution is -0.115. The van der Waals surface area contributed by atoms with E-state index in [1.807, 2.05) is 78.6 Å². The van der Waals surface area contributed by atoms with E-state index in [0.717, 1.165) is 28.9 Å². The number of anilines is 2. The molecular formula is C25H24N2O2S. The third kappa shape index (κ3) is 3.98. The molecule has 0 radical (unpaired) electrons. The van der Waals surface area contributed by atoms with Crippen molar-refractivity contribution in [3.63, 3.8) is 0 Å². The molecule has 3 aromatic rings. The third-order valence-electron chi connectivity index (χ3n) is 5.34. The molecule has 5 heteroatoms. The minimum absolute atomic E-state index is 0.0636. The zero-order valence-corrected chi connectivity index (χ0v) is 17.9. The van der Waals surface area contributed by atoms with Gasteiger partial charge in [0.1, 0.15) is 5.37 Å². The lowest BCUT2D eigenvalue weighted by Crippen LogP contribution is -2.28. The number of aryl methyl sites for hydroxylation is 2. The fourth-order valence-electron chi connectivity index (χ4n) is 3.73. The maximum absolute atomic E-state index is 12.7. The van der Waals surface area contributed by atoms with Crippen molar-refractivity contribution in [2.75, 3.05) is 16.0 Å². The van der Waals surface area contributed by atoms with E-state index in [2.05, 4.69) is 18.3 Å². The molecule has 1 N–H and O–H groups in total. The number of hydrogen-bond donors (Lipinski definition) is 1. The molecular weight excluding hydrogens is 392 g/mol. The summed E-state index contributed by atoms with van der Waals surface area (Å²) in [5.41, 5.74) is 5.54. The van der Waals surface area contributed by atoms with Crippen LogP contribution < -0.4 is 10.2 Å². The van der Waals surface area contributed by atoms with Gasteiger partial charge in [-0.3, -0.25) is 14.5 Å². The van der Waals surface area contributed by atoms with Crippen molar-refractivity contribution in [3.8, 4) is 0 Å². The highest BCUT2D eigenvalue weighted by molar-refractivity contribution is 8.00. The van der Waals surface area contributed by atoms with Crippen LogP contribution in [0.2, 0.25) is 0 Å². The Bertz CT molecular complexity index is 1080. The van der Waals surface area contributed by atoms with Crippen molar-refractivity contribution in [2.24, 2.45) is 0 Å². The Kier molecular flexibility index (Phi) is 5.91. The molecule has 30 heavy (non-hydrogen) atoms. The van der Waals surface area contributed by atoms with E-state index in [1.54, 1.807) is 11.8 Å². The largest absolute Gasteiger partial charge is 0.322 e. The summed E-state index contributed by atoms with van der Waals surface area (Å²) in [5, 5.41) is 2.90. The van der Waals surface area contributed by atoms with Crippen molar-refractivity contribution < 1.29 is 9.59 Å². The second kappa shape index (κ2) is 8.76. The van der Waals surface area contributed by atoms with E-state index in [0.29, 0.717) is 11.3 Å². The second-order valence-corrected chi connectivity index (χ2v) is 8.37. The van der Waals surface area contributed by atoms with Crippen molar-refractivity contribution in [2.45, 2.75) is 25.6 Å². The van der Waals surface area contributed by atoms with E-state index in [-0.39, 0.29) is 17.2 Å². The van der Waals surface area contributed by atoms with Crippen molar-refractivity contribution in [3.05, 3.63) is 95.1 Å². The number of para-hydroxylation sites is 1. The first-order valence-electron chi connectivity index (χ1n) is 10.1. The summed E-state index contributed by atoms with van der Waals surface area (Å²) < 4.78 is 0. The maximum Gasteiger partial charge on any atom is 0.255 e. The predicted octanol–water partition coefficient (Wildman–Crippen LogP) is 5.59. The first kappa shape index (κ1) is 20.2. The van der Waals surface area contributed by atoms with Gasteiger partial charge in [-0.05, 0) is 54.3 Å². The first-order valence-corrected chi connectivity index (χ1v) is 11.1. The van der Waals surface area contributed by atoms with Gasteiger partial charge in [0.15, 0.2) is 0 Å². The second-order valence-electron chi connectivity index (χ2n) is 7.30. The molecule has 1 atom stereocenters. The van der Waals surface area contributed by atoms with Crippen molar-refractivity contribution >= 4 is 35.0 Å². The molecule has 0 unspecified atom stereocenters. The van der Waals surface area contributed by atoms with Crippen LogP contribution in [0.4, 0.5) is 11.4 Å². The number of benzene rings is 3. The van der Waals surface area contributed by atoms with Crippen LogP contribution in [-0.4, -0.2) is 17.6 Å². The number of carbonyl (C=O) groups excluding carboxylic acids is 2. The molecule has 1 aliphatic rings. The number of rotatable bonds is 5. The van der Waals surface area contributed by atoms with Gasteiger partial charge >= 0.3 is 0 Å². The normalized spacial score (nSPS) is 16.0. The number of nitrogens with one attached hydrogen (secondary N) is 1. The maximum atomic E-state index is 12.7. The summed E-state index contributed by atoms with van der Waals surface area (Å²) in [6, 6.07) is 23.4. The minimum atomic E-state index is -0.121. The summed E-state index contributed by atoms with van der Waals surface area (Å²) in [7, 11) is 0. The van der Waals surface area contributed by atoms with Crippen LogP contribution >= 0.6 is 11.8 Å². The van der Waals surface area contributed by atoms with Crippen molar-refractivity contribution in [1.29, 1.82) is 0 Å². The van der Waals surface area contributed by atoms with E-state index < -0.39 is 0 Å². The molecule has 1 fully saturated rings. The van der Waals surface area contributed by atoms with E-state index >= 15 is 0 Å². The van der Waals surface area contributed by atoms with Crippen LogP contribution in [0.15, 0.2) is 72.8 Å². The number of carbonyl (C=O) groups is 2. The Morgan fingerprint density at radius 2 is 1.73 bits per heavy atom. The Morgan fingerprint density at radius 3 is 2.47 bits per heavy atom. The Balaban J connectivity index is 1.55. The van der Waals surface area contributed by atoms with Gasteiger partial charge in [0.25, 0.3) is 5.91 Å². The summed E-state index contributed by atoms with van der Waals surface area (Å²) in [5.74, 6) is 0.474. The van der Waals surface area contributed by atoms with Gasteiger partial charge in [-0.1, -0.05) is 55.5 Å². The molecule has 2 amide bonds. The molecule has 3 aromatic carbocycles. The average Bonchev–Trinajstić information content (AvgIpc) is 3.15. The highest BCUT2D eigenvalue weighted by Crippen LogP contribution is 2.43. The van der Waals surface area contributed by atoms with Crippen LogP contribution in [0.5, 0.6) is 0 Å². The van der Waals surface area contributed by atoms with Crippen LogP contribution in [0, 0.1) is 6.92 Å². The summed E-state index contributed by atoms with van der Waals surface area (Å²) in [6.45, 7) is 4.03. The number of nitrogens with zero attached hydrogens (tertiary/aromatic N) is 1. The lowest BCUT2D eigenvalue weighted by atomic mass is 10.1. The van der Waals surface area contributed by atoms with Gasteiger partial charge in [0, 0.05) is 16.9 Å². The summed E-state index contributed by atoms with van der Waals surface area (Å²) in [4.78, 5) is 27.1. The van der Waals surface area contributed by atoms with Gasteiger partial charge in [0.2, 0.25) is 5.91 Å². The average molecular weight is 417 g/mol. The molecule has 4 rings (SSSR count). The highest BCUT2D eigenvalue weighted by atomic mass is 32.2. The van der Waals surface area contributed by atoms with Crippen molar-refractivity contribution in [1.82, 2.24) is 0 Å². The number of amides is 2. The van der Waals surface area contributed by atoms with Crippen LogP contribution in [-0.2, 0) is 11.2 Å². The fraction of sp³-hybridized carbons (Fsp3) is 0.200. The number of thioether (sulfide) groups is 1. The van der Waals surface area contributed by atoms with Gasteiger partial charge < -0.3 is 5.32 Å². The highest BCUT2D eigenvalue weighted by Gasteiger charge is 2.34. The van der Waals surface area contributed by atoms with Crippen LogP contribution in [0.3, 0.4) is 0 Å². The molecule has 1 heterocycles. The SMILES string of the molecule is CCc1ccccc1N1C(=O)CS[C@@H]1c1ccc(NC(=O)c2ccccc2C)cc1. The van der Waals surface area contributed by atoms with E-state index in [4.69, 9.17) is 0 Å². The topological polar surface area (TPSA) is 49.4 Å². The minimum Gasteiger partial charge on any atom is -0.322 e. The third-order valence-corrected chi connectivity index (χ3v) is 6.56. The monoisotopic (exact) mass is 416 g/mol. The van der Waals surface area contributed by atoms with Gasteiger partial charge in [-0.25, -0.2) is 0 Å². The van der Waals surface area contributed by atoms with Gasteiger partial charge in [0.05, 0.1) is 5.75 Å². The molecule has 0 bridgehead atoms. The standard InChI is InChI=1S/C25H24N2O2S/c1-3-18-9-5-7-11-22(18)27-23(28)16-30-25(27)19-12-14-20(15-13-19)26-24(29)21-10-6-4-8-17(21)2/h4-15,25H,3,16H2,1-2H3,(H,26,29)/t25-/m1/s1. The van der Waals surface area contributed by atoms with Crippen LogP contribution in [0.1, 0.15) is 39.3 Å². The summed E-state index contributed by atoms with van der Waals surface area (Å²) >= 11 is 1.63. The smallest absolute Gasteiger partial charge is 0.255 e. The predicted molar refractivity (Wildman–Crippen MR) is 124 cm³/mol. The zero-order chi connectivity index (χ0) is 21.1. The Labute approximate surface area is 181 Å². The van der Waals surface area contributed by atoms with E-state index in [9.17, 15) is 9.59 Å². The van der Waals surface area contributed by atoms with Gasteiger partial charge in [-0.2, -0.15) is 0 Å². The summed E-state index contributed by atoms with van der Waals surface area (Å²) in [6.07, 6.45) is 0.876. The molecule has 0 saturated carbocycles. The lowest BCUT2D eigenvalue weighted by Gasteiger charge is -2.26. The Morgan fingerprint density at radius 1 is 1.03 bits per heavy atom. The zero-order valence-electron chi connectivity index (χ0n) is 17.1. The van der Waals surface area contributed by atoms with Crippen LogP contribution in [0.25, 0.3) is 0 Å². The molecule has 1 saturated heterocycles. The first-order chi connectivity index (χ1) is 14.6. The quantitative estimate of drug-likeness (QED) is 0.590. The van der Waals surface area contributed by atoms with E-state index in [1.165, 1.54) is 5.56 Å². The number of hydrogen-bond acceptors (Lipinski definition) is 3. The molecule has 1 aliphatic heterocycles. The Hall–Kier alpha value is -3.05. The molecule has 152 valence electrons. The molecule has 4 nitrogen and oxygen atoms in total.